The minimum atomic E-state index is -3.92. The fourth-order valence-electron chi connectivity index (χ4n) is 7.93. The van der Waals surface area contributed by atoms with E-state index in [2.05, 4.69) is 19.2 Å². The summed E-state index contributed by atoms with van der Waals surface area (Å²) < 4.78 is 33.9. The van der Waals surface area contributed by atoms with Gasteiger partial charge < -0.3 is 10.1 Å². The highest BCUT2D eigenvalue weighted by Crippen LogP contribution is 2.70. The van der Waals surface area contributed by atoms with Crippen molar-refractivity contribution in [2.75, 3.05) is 17.7 Å². The second-order valence-corrected chi connectivity index (χ2v) is 15.8. The van der Waals surface area contributed by atoms with Crippen molar-refractivity contribution < 1.29 is 22.7 Å². The highest BCUT2D eigenvalue weighted by atomic mass is 35.5. The molecule has 2 aliphatic carbocycles. The summed E-state index contributed by atoms with van der Waals surface area (Å²) in [7, 11) is -3.92. The van der Waals surface area contributed by atoms with E-state index >= 15 is 0 Å². The first-order valence-electron chi connectivity index (χ1n) is 14.0. The number of benzene rings is 2. The third-order valence-corrected chi connectivity index (χ3v) is 13.8. The van der Waals surface area contributed by atoms with Crippen LogP contribution in [0.25, 0.3) is 0 Å². The molecule has 6 rings (SSSR count). The normalized spacial score (nSPS) is 32.2. The van der Waals surface area contributed by atoms with Gasteiger partial charge in [0.1, 0.15) is 6.61 Å². The number of halogens is 3. The van der Waals surface area contributed by atoms with Gasteiger partial charge in [0.05, 0.1) is 43.9 Å². The average Bonchev–Trinajstić information content (AvgIpc) is 3.41. The molecule has 1 N–H and O–H groups in total. The predicted octanol–water partition coefficient (Wildman–Crippen LogP) is 6.56. The number of para-hydroxylation sites is 1. The largest absolute Gasteiger partial charge is 0.460 e. The number of sulfonamides is 1. The molecular weight excluding hydrogens is 607 g/mol. The number of carbonyl (C=O) groups is 2. The number of rotatable bonds is 5. The molecule has 2 saturated carbocycles. The van der Waals surface area contributed by atoms with Crippen LogP contribution in [0.3, 0.4) is 0 Å². The van der Waals surface area contributed by atoms with Gasteiger partial charge in [-0.1, -0.05) is 62.2 Å². The van der Waals surface area contributed by atoms with Crippen LogP contribution in [0.4, 0.5) is 5.69 Å². The monoisotopic (exact) mass is 638 g/mol. The Morgan fingerprint density at radius 2 is 1.80 bits per heavy atom. The Labute approximate surface area is 255 Å². The third-order valence-electron chi connectivity index (χ3n) is 10.6. The highest BCUT2D eigenvalue weighted by Gasteiger charge is 2.72. The molecule has 7 nitrogen and oxygen atoms in total. The maximum Gasteiger partial charge on any atom is 0.339 e. The number of hydrogen-bond donors (Lipinski definition) is 1. The van der Waals surface area contributed by atoms with Crippen LogP contribution in [0.5, 0.6) is 0 Å². The van der Waals surface area contributed by atoms with Crippen molar-refractivity contribution in [1.29, 1.82) is 0 Å². The number of esters is 1. The highest BCUT2D eigenvalue weighted by molar-refractivity contribution is 7.90. The SMILES string of the molecule is CC[C@]1(COC(=O)c2cc(Cl)c(Cl)cc2C(=O)N2[C@@H]3C[C@H]4CC[C@]3(CS2(=O)=O)C4(C)C)Nc2ccccc2C[C@H]1Cl. The first-order valence-corrected chi connectivity index (χ1v) is 16.8. The predicted molar refractivity (Wildman–Crippen MR) is 160 cm³/mol. The van der Waals surface area contributed by atoms with E-state index in [0.717, 1.165) is 28.4 Å². The van der Waals surface area contributed by atoms with E-state index in [1.54, 1.807) is 0 Å². The average molecular weight is 640 g/mol. The van der Waals surface area contributed by atoms with E-state index in [9.17, 15) is 18.0 Å². The summed E-state index contributed by atoms with van der Waals surface area (Å²) in [6, 6.07) is 9.93. The van der Waals surface area contributed by atoms with Gasteiger partial charge in [0.2, 0.25) is 10.0 Å². The molecule has 1 amide bonds. The second kappa shape index (κ2) is 9.76. The van der Waals surface area contributed by atoms with E-state index in [-0.39, 0.29) is 44.3 Å². The van der Waals surface area contributed by atoms with Crippen LogP contribution in [0, 0.1) is 16.7 Å². The molecule has 5 atom stereocenters. The standard InChI is InChI=1S/C30H33Cl3N2O5S/c1-4-30(24(33)11-17-7-5-6-8-23(17)34-30)15-40-27(37)20-14-22(32)21(31)13-19(20)26(36)35-25-12-18-9-10-29(25,28(18,2)3)16-41(35,38)39/h5-8,13-14,18,24-25,34H,4,9-12,15-16H2,1-3H3/t18-,24-,25-,29-,30-/m1/s1. The Bertz CT molecular complexity index is 1560. The first kappa shape index (κ1) is 29.1. The summed E-state index contributed by atoms with van der Waals surface area (Å²) in [5.41, 5.74) is 0.276. The number of nitrogens with one attached hydrogen (secondary N) is 1. The molecule has 2 bridgehead atoms. The number of anilines is 1. The fraction of sp³-hybridized carbons (Fsp3) is 0.533. The molecule has 1 spiro atoms. The topological polar surface area (TPSA) is 92.8 Å². The summed E-state index contributed by atoms with van der Waals surface area (Å²) in [4.78, 5) is 27.7. The van der Waals surface area contributed by atoms with E-state index in [4.69, 9.17) is 39.5 Å². The maximum absolute atomic E-state index is 14.1. The van der Waals surface area contributed by atoms with Gasteiger partial charge in [0, 0.05) is 11.1 Å². The Morgan fingerprint density at radius 1 is 1.12 bits per heavy atom. The lowest BCUT2D eigenvalue weighted by Gasteiger charge is -2.42. The molecule has 41 heavy (non-hydrogen) atoms. The second-order valence-electron chi connectivity index (χ2n) is 12.6. The van der Waals surface area contributed by atoms with Gasteiger partial charge in [-0.25, -0.2) is 17.5 Å². The van der Waals surface area contributed by atoms with Crippen LogP contribution in [0.1, 0.15) is 72.7 Å². The molecular formula is C30H33Cl3N2O5S. The van der Waals surface area contributed by atoms with Crippen molar-refractivity contribution in [2.24, 2.45) is 16.7 Å². The molecule has 2 aliphatic heterocycles. The zero-order valence-electron chi connectivity index (χ0n) is 23.2. The first-order chi connectivity index (χ1) is 19.3. The number of amides is 1. The van der Waals surface area contributed by atoms with Gasteiger partial charge in [0.25, 0.3) is 5.91 Å². The summed E-state index contributed by atoms with van der Waals surface area (Å²) in [5.74, 6) is -1.32. The smallest absolute Gasteiger partial charge is 0.339 e. The molecule has 0 unspecified atom stereocenters. The van der Waals surface area contributed by atoms with E-state index in [0.29, 0.717) is 25.2 Å². The molecule has 4 aliphatic rings. The zero-order valence-corrected chi connectivity index (χ0v) is 26.3. The van der Waals surface area contributed by atoms with Gasteiger partial charge >= 0.3 is 5.97 Å². The zero-order chi connectivity index (χ0) is 29.5. The minimum Gasteiger partial charge on any atom is -0.460 e. The molecule has 0 aromatic heterocycles. The summed E-state index contributed by atoms with van der Waals surface area (Å²) in [6.45, 7) is 6.12. The Hall–Kier alpha value is -2.00. The molecule has 0 radical (unpaired) electrons. The fourth-order valence-corrected chi connectivity index (χ4v) is 11.2. The number of fused-ring (bicyclic) bond motifs is 2. The molecule has 3 fully saturated rings. The summed E-state index contributed by atoms with van der Waals surface area (Å²) in [5, 5.41) is 3.20. The number of nitrogens with zero attached hydrogens (tertiary/aromatic N) is 1. The summed E-state index contributed by atoms with van der Waals surface area (Å²) in [6.07, 6.45) is 3.49. The number of carbonyl (C=O) groups excluding carboxylic acids is 2. The number of alkyl halides is 1. The van der Waals surface area contributed by atoms with Crippen molar-refractivity contribution in [1.82, 2.24) is 4.31 Å². The lowest BCUT2D eigenvalue weighted by Crippen LogP contribution is -2.54. The van der Waals surface area contributed by atoms with Crippen molar-refractivity contribution in [3.8, 4) is 0 Å². The van der Waals surface area contributed by atoms with Crippen molar-refractivity contribution in [3.05, 3.63) is 63.1 Å². The van der Waals surface area contributed by atoms with Crippen LogP contribution in [0.2, 0.25) is 10.0 Å². The Kier molecular flexibility index (Phi) is 6.93. The van der Waals surface area contributed by atoms with Gasteiger partial charge in [-0.15, -0.1) is 11.6 Å². The van der Waals surface area contributed by atoms with Crippen LogP contribution >= 0.6 is 34.8 Å². The van der Waals surface area contributed by atoms with E-state index in [1.165, 1.54) is 12.1 Å². The third kappa shape index (κ3) is 4.22. The van der Waals surface area contributed by atoms with Crippen molar-refractivity contribution >= 4 is 62.4 Å². The number of hydrogen-bond acceptors (Lipinski definition) is 6. The Balaban J connectivity index is 1.31. The quantitative estimate of drug-likeness (QED) is 0.295. The molecule has 2 aromatic rings. The van der Waals surface area contributed by atoms with Crippen LogP contribution in [-0.2, 0) is 21.2 Å². The molecule has 220 valence electrons. The van der Waals surface area contributed by atoms with Gasteiger partial charge in [-0.05, 0) is 67.2 Å². The molecule has 2 aromatic carbocycles. The van der Waals surface area contributed by atoms with E-state index in [1.807, 2.05) is 31.2 Å². The van der Waals surface area contributed by atoms with Gasteiger partial charge in [0.15, 0.2) is 0 Å². The maximum atomic E-state index is 14.1. The molecule has 1 saturated heterocycles. The summed E-state index contributed by atoms with van der Waals surface area (Å²) >= 11 is 19.4. The molecule has 2 heterocycles. The van der Waals surface area contributed by atoms with Crippen LogP contribution in [0.15, 0.2) is 36.4 Å². The Morgan fingerprint density at radius 3 is 2.49 bits per heavy atom. The van der Waals surface area contributed by atoms with Gasteiger partial charge in [-0.2, -0.15) is 0 Å². The van der Waals surface area contributed by atoms with Crippen molar-refractivity contribution in [3.63, 3.8) is 0 Å². The number of ether oxygens (including phenoxy) is 1. The lowest BCUT2D eigenvalue weighted by atomic mass is 9.69. The van der Waals surface area contributed by atoms with Crippen LogP contribution in [-0.4, -0.2) is 53.9 Å². The lowest BCUT2D eigenvalue weighted by molar-refractivity contribution is 0.0408. The van der Waals surface area contributed by atoms with Crippen LogP contribution < -0.4 is 5.32 Å². The van der Waals surface area contributed by atoms with Gasteiger partial charge in [-0.3, -0.25) is 4.79 Å². The molecule has 11 heteroatoms. The van der Waals surface area contributed by atoms with Crippen molar-refractivity contribution in [2.45, 2.75) is 69.8 Å². The van der Waals surface area contributed by atoms with E-state index < -0.39 is 38.9 Å². The minimum absolute atomic E-state index is 0.0440.